The summed E-state index contributed by atoms with van der Waals surface area (Å²) in [6.45, 7) is 2.45. The molecule has 0 amide bonds. The first-order valence-electron chi connectivity index (χ1n) is 5.68. The van der Waals surface area contributed by atoms with E-state index in [1.165, 1.54) is 30.6 Å². The predicted molar refractivity (Wildman–Crippen MR) is 68.9 cm³/mol. The summed E-state index contributed by atoms with van der Waals surface area (Å²) >= 11 is 4.25. The molecule has 1 unspecified atom stereocenters. The van der Waals surface area contributed by atoms with Gasteiger partial charge in [0.2, 0.25) is 0 Å². The Morgan fingerprint density at radius 1 is 1.33 bits per heavy atom. The van der Waals surface area contributed by atoms with Gasteiger partial charge in [0.15, 0.2) is 0 Å². The Hall–Kier alpha value is -0.470. The molecule has 1 atom stereocenters. The van der Waals surface area contributed by atoms with E-state index in [2.05, 4.69) is 48.8 Å². The summed E-state index contributed by atoms with van der Waals surface area (Å²) in [6.07, 6.45) is 2.39. The summed E-state index contributed by atoms with van der Waals surface area (Å²) in [5.41, 5.74) is 2.90. The summed E-state index contributed by atoms with van der Waals surface area (Å²) in [5.74, 6) is 1.69. The molecule has 0 aliphatic carbocycles. The molecule has 0 saturated carbocycles. The van der Waals surface area contributed by atoms with E-state index in [4.69, 9.17) is 0 Å². The molecule has 1 fully saturated rings. The third-order valence-corrected chi connectivity index (χ3v) is 3.47. The number of hydrogen-bond donors (Lipinski definition) is 1. The van der Waals surface area contributed by atoms with Gasteiger partial charge in [-0.2, -0.15) is 12.6 Å². The lowest BCUT2D eigenvalue weighted by atomic mass is 9.97. The quantitative estimate of drug-likeness (QED) is 0.768. The summed E-state index contributed by atoms with van der Waals surface area (Å²) in [5, 5.41) is 0. The number of likely N-dealkylation sites (tertiary alicyclic amines) is 1. The Morgan fingerprint density at radius 3 is 2.60 bits per heavy atom. The Bertz CT molecular complexity index is 307. The lowest BCUT2D eigenvalue weighted by Crippen LogP contribution is -2.13. The smallest absolute Gasteiger partial charge is 0.00477 e. The summed E-state index contributed by atoms with van der Waals surface area (Å²) in [7, 11) is 2.20. The first-order chi connectivity index (χ1) is 7.29. The molecule has 0 radical (unpaired) electrons. The molecule has 2 rings (SSSR count). The van der Waals surface area contributed by atoms with Crippen molar-refractivity contribution in [2.75, 3.05) is 25.9 Å². The molecule has 1 nitrogen and oxygen atoms in total. The van der Waals surface area contributed by atoms with Crippen LogP contribution in [0.4, 0.5) is 0 Å². The molecule has 0 bridgehead atoms. The Balaban J connectivity index is 2.03. The molecule has 15 heavy (non-hydrogen) atoms. The van der Waals surface area contributed by atoms with Crippen molar-refractivity contribution in [3.05, 3.63) is 35.4 Å². The van der Waals surface area contributed by atoms with Crippen LogP contribution in [0, 0.1) is 0 Å². The zero-order valence-electron chi connectivity index (χ0n) is 9.32. The standard InChI is InChI=1S/C13H19NS/c1-14-8-6-13(10-14)12-4-2-11(3-5-12)7-9-15/h2-5,13,15H,6-10H2,1H3. The van der Waals surface area contributed by atoms with Gasteiger partial charge >= 0.3 is 0 Å². The lowest BCUT2D eigenvalue weighted by Gasteiger charge is -2.11. The molecule has 2 heteroatoms. The normalized spacial score (nSPS) is 22.1. The molecule has 0 N–H and O–H groups in total. The van der Waals surface area contributed by atoms with Gasteiger partial charge in [0.05, 0.1) is 0 Å². The maximum absolute atomic E-state index is 4.25. The van der Waals surface area contributed by atoms with Crippen LogP contribution in [0.3, 0.4) is 0 Å². The van der Waals surface area contributed by atoms with Gasteiger partial charge in [-0.3, -0.25) is 0 Å². The van der Waals surface area contributed by atoms with E-state index >= 15 is 0 Å². The van der Waals surface area contributed by atoms with Crippen molar-refractivity contribution in [1.29, 1.82) is 0 Å². The summed E-state index contributed by atoms with van der Waals surface area (Å²) < 4.78 is 0. The highest BCUT2D eigenvalue weighted by Gasteiger charge is 2.20. The molecule has 1 aliphatic rings. The fourth-order valence-electron chi connectivity index (χ4n) is 2.29. The number of thiol groups is 1. The summed E-state index contributed by atoms with van der Waals surface area (Å²) in [6, 6.07) is 9.10. The van der Waals surface area contributed by atoms with Gasteiger partial charge in [-0.05, 0) is 49.2 Å². The molecule has 1 heterocycles. The third kappa shape index (κ3) is 2.76. The van der Waals surface area contributed by atoms with Gasteiger partial charge in [-0.1, -0.05) is 24.3 Å². The minimum absolute atomic E-state index is 0.750. The van der Waals surface area contributed by atoms with Crippen LogP contribution in [0.15, 0.2) is 24.3 Å². The largest absolute Gasteiger partial charge is 0.306 e. The molecule has 82 valence electrons. The van der Waals surface area contributed by atoms with Gasteiger partial charge in [-0.25, -0.2) is 0 Å². The topological polar surface area (TPSA) is 3.24 Å². The van der Waals surface area contributed by atoms with E-state index in [1.807, 2.05) is 0 Å². The van der Waals surface area contributed by atoms with Crippen LogP contribution in [0.25, 0.3) is 0 Å². The van der Waals surface area contributed by atoms with Crippen molar-refractivity contribution in [2.24, 2.45) is 0 Å². The number of likely N-dealkylation sites (N-methyl/N-ethyl adjacent to an activating group) is 1. The van der Waals surface area contributed by atoms with E-state index in [-0.39, 0.29) is 0 Å². The molecule has 1 aromatic carbocycles. The minimum atomic E-state index is 0.750. The first kappa shape index (κ1) is 11.0. The van der Waals surface area contributed by atoms with Crippen molar-refractivity contribution < 1.29 is 0 Å². The molecule has 1 aliphatic heterocycles. The molecular formula is C13H19NS. The Labute approximate surface area is 97.9 Å². The minimum Gasteiger partial charge on any atom is -0.306 e. The third-order valence-electron chi connectivity index (χ3n) is 3.24. The fourth-order valence-corrected chi connectivity index (χ4v) is 2.55. The number of rotatable bonds is 3. The van der Waals surface area contributed by atoms with E-state index in [0.717, 1.165) is 18.1 Å². The molecule has 1 aromatic rings. The molecule has 0 spiro atoms. The zero-order valence-corrected chi connectivity index (χ0v) is 10.2. The number of aryl methyl sites for hydroxylation is 1. The van der Waals surface area contributed by atoms with E-state index in [9.17, 15) is 0 Å². The van der Waals surface area contributed by atoms with Crippen molar-refractivity contribution in [3.63, 3.8) is 0 Å². The van der Waals surface area contributed by atoms with E-state index < -0.39 is 0 Å². The highest BCUT2D eigenvalue weighted by molar-refractivity contribution is 7.80. The first-order valence-corrected chi connectivity index (χ1v) is 6.31. The highest BCUT2D eigenvalue weighted by atomic mass is 32.1. The molecular weight excluding hydrogens is 202 g/mol. The van der Waals surface area contributed by atoms with Crippen molar-refractivity contribution in [3.8, 4) is 0 Å². The highest BCUT2D eigenvalue weighted by Crippen LogP contribution is 2.26. The average molecular weight is 221 g/mol. The Morgan fingerprint density at radius 2 is 2.07 bits per heavy atom. The van der Waals surface area contributed by atoms with Crippen LogP contribution < -0.4 is 0 Å². The fraction of sp³-hybridized carbons (Fsp3) is 0.538. The van der Waals surface area contributed by atoms with E-state index in [0.29, 0.717) is 0 Å². The van der Waals surface area contributed by atoms with Crippen LogP contribution in [0.5, 0.6) is 0 Å². The molecule has 0 aromatic heterocycles. The van der Waals surface area contributed by atoms with Crippen LogP contribution in [0.1, 0.15) is 23.5 Å². The maximum Gasteiger partial charge on any atom is 0.00477 e. The average Bonchev–Trinajstić information content (AvgIpc) is 2.67. The molecule has 1 saturated heterocycles. The maximum atomic E-state index is 4.25. The van der Waals surface area contributed by atoms with Gasteiger partial charge in [-0.15, -0.1) is 0 Å². The number of nitrogens with zero attached hydrogens (tertiary/aromatic N) is 1. The van der Waals surface area contributed by atoms with Gasteiger partial charge in [0.1, 0.15) is 0 Å². The van der Waals surface area contributed by atoms with E-state index in [1.54, 1.807) is 0 Å². The van der Waals surface area contributed by atoms with Gasteiger partial charge in [0.25, 0.3) is 0 Å². The van der Waals surface area contributed by atoms with Gasteiger partial charge < -0.3 is 4.90 Å². The predicted octanol–water partition coefficient (Wildman–Crippen LogP) is 2.58. The van der Waals surface area contributed by atoms with Crippen molar-refractivity contribution in [1.82, 2.24) is 4.90 Å². The Kier molecular flexibility index (Phi) is 3.71. The monoisotopic (exact) mass is 221 g/mol. The number of hydrogen-bond acceptors (Lipinski definition) is 2. The van der Waals surface area contributed by atoms with Crippen molar-refractivity contribution >= 4 is 12.6 Å². The lowest BCUT2D eigenvalue weighted by molar-refractivity contribution is 0.411. The van der Waals surface area contributed by atoms with Gasteiger partial charge in [0, 0.05) is 6.54 Å². The number of benzene rings is 1. The second-order valence-corrected chi connectivity index (χ2v) is 4.91. The SMILES string of the molecule is CN1CCC(c2ccc(CCS)cc2)C1. The second kappa shape index (κ2) is 5.04. The van der Waals surface area contributed by atoms with Crippen LogP contribution in [-0.2, 0) is 6.42 Å². The van der Waals surface area contributed by atoms with Crippen molar-refractivity contribution in [2.45, 2.75) is 18.8 Å². The summed E-state index contributed by atoms with van der Waals surface area (Å²) in [4.78, 5) is 2.41. The van der Waals surface area contributed by atoms with Crippen LogP contribution >= 0.6 is 12.6 Å². The van der Waals surface area contributed by atoms with Crippen LogP contribution in [-0.4, -0.2) is 30.8 Å². The second-order valence-electron chi connectivity index (χ2n) is 4.46. The zero-order chi connectivity index (χ0) is 10.7. The van der Waals surface area contributed by atoms with Crippen LogP contribution in [0.2, 0.25) is 0 Å².